The predicted molar refractivity (Wildman–Crippen MR) is 74.8 cm³/mol. The SMILES string of the molecule is COC(=O)COCC(C)(C)CNCc1ccccc1. The van der Waals surface area contributed by atoms with E-state index >= 15 is 0 Å². The van der Waals surface area contributed by atoms with Gasteiger partial charge in [0.05, 0.1) is 13.7 Å². The van der Waals surface area contributed by atoms with Gasteiger partial charge in [0.15, 0.2) is 0 Å². The molecule has 0 saturated carbocycles. The second-order valence-corrected chi connectivity index (χ2v) is 5.32. The van der Waals surface area contributed by atoms with Crippen LogP contribution in [0.25, 0.3) is 0 Å². The number of carbonyl (C=O) groups excluding carboxylic acids is 1. The van der Waals surface area contributed by atoms with Crippen molar-refractivity contribution < 1.29 is 14.3 Å². The standard InChI is InChI=1S/C15H23NO3/c1-15(2,12-19-10-14(17)18-3)11-16-9-13-7-5-4-6-8-13/h4-8,16H,9-12H2,1-3H3. The first kappa shape index (κ1) is 15.7. The minimum Gasteiger partial charge on any atom is -0.467 e. The van der Waals surface area contributed by atoms with Gasteiger partial charge in [-0.3, -0.25) is 0 Å². The average molecular weight is 265 g/mol. The number of hydrogen-bond acceptors (Lipinski definition) is 4. The maximum atomic E-state index is 10.9. The average Bonchev–Trinajstić information content (AvgIpc) is 2.39. The lowest BCUT2D eigenvalue weighted by Crippen LogP contribution is -2.33. The molecule has 4 nitrogen and oxygen atoms in total. The minimum absolute atomic E-state index is 0.0125. The number of rotatable bonds is 8. The van der Waals surface area contributed by atoms with Crippen molar-refractivity contribution in [2.24, 2.45) is 5.41 Å². The summed E-state index contributed by atoms with van der Waals surface area (Å²) in [5.74, 6) is -0.340. The van der Waals surface area contributed by atoms with E-state index in [1.54, 1.807) is 0 Å². The van der Waals surface area contributed by atoms with Crippen LogP contribution in [-0.4, -0.2) is 32.8 Å². The molecule has 19 heavy (non-hydrogen) atoms. The zero-order chi connectivity index (χ0) is 14.1. The largest absolute Gasteiger partial charge is 0.467 e. The van der Waals surface area contributed by atoms with Gasteiger partial charge in [0.1, 0.15) is 6.61 Å². The summed E-state index contributed by atoms with van der Waals surface area (Å²) in [7, 11) is 1.36. The van der Waals surface area contributed by atoms with Crippen LogP contribution in [0, 0.1) is 5.41 Å². The zero-order valence-corrected chi connectivity index (χ0v) is 11.9. The first-order chi connectivity index (χ1) is 9.03. The Labute approximate surface area is 115 Å². The Balaban J connectivity index is 2.21. The molecule has 1 N–H and O–H groups in total. The molecule has 1 aromatic rings. The van der Waals surface area contributed by atoms with E-state index in [0.717, 1.165) is 13.1 Å². The quantitative estimate of drug-likeness (QED) is 0.730. The topological polar surface area (TPSA) is 47.6 Å². The molecular formula is C15H23NO3. The van der Waals surface area contributed by atoms with Gasteiger partial charge in [-0.15, -0.1) is 0 Å². The second kappa shape index (κ2) is 7.92. The van der Waals surface area contributed by atoms with Gasteiger partial charge >= 0.3 is 5.97 Å². The van der Waals surface area contributed by atoms with Crippen molar-refractivity contribution in [3.8, 4) is 0 Å². The van der Waals surface area contributed by atoms with Crippen molar-refractivity contribution in [3.05, 3.63) is 35.9 Å². The highest BCUT2D eigenvalue weighted by Gasteiger charge is 2.18. The summed E-state index contributed by atoms with van der Waals surface area (Å²) < 4.78 is 9.86. The highest BCUT2D eigenvalue weighted by atomic mass is 16.6. The van der Waals surface area contributed by atoms with Crippen molar-refractivity contribution in [2.45, 2.75) is 20.4 Å². The van der Waals surface area contributed by atoms with Gasteiger partial charge in [0.25, 0.3) is 0 Å². The summed E-state index contributed by atoms with van der Waals surface area (Å²) >= 11 is 0. The summed E-state index contributed by atoms with van der Waals surface area (Å²) in [4.78, 5) is 10.9. The molecule has 0 heterocycles. The number of esters is 1. The van der Waals surface area contributed by atoms with Crippen molar-refractivity contribution >= 4 is 5.97 Å². The highest BCUT2D eigenvalue weighted by Crippen LogP contribution is 2.14. The Hall–Kier alpha value is -1.39. The molecule has 0 radical (unpaired) electrons. The molecule has 0 spiro atoms. The number of ether oxygens (including phenoxy) is 2. The van der Waals surface area contributed by atoms with Crippen LogP contribution in [-0.2, 0) is 20.8 Å². The molecule has 0 amide bonds. The van der Waals surface area contributed by atoms with Crippen LogP contribution < -0.4 is 5.32 Å². The van der Waals surface area contributed by atoms with Gasteiger partial charge in [0.2, 0.25) is 0 Å². The molecule has 0 fully saturated rings. The second-order valence-electron chi connectivity index (χ2n) is 5.32. The molecule has 0 unspecified atom stereocenters. The van der Waals surface area contributed by atoms with Crippen molar-refractivity contribution in [1.82, 2.24) is 5.32 Å². The Morgan fingerprint density at radius 1 is 1.26 bits per heavy atom. The molecule has 0 aliphatic rings. The fraction of sp³-hybridized carbons (Fsp3) is 0.533. The molecule has 0 bridgehead atoms. The van der Waals surface area contributed by atoms with Crippen molar-refractivity contribution in [2.75, 3.05) is 26.9 Å². The molecule has 106 valence electrons. The Kier molecular flexibility index (Phi) is 6.53. The molecule has 1 aromatic carbocycles. The Morgan fingerprint density at radius 3 is 2.58 bits per heavy atom. The number of methoxy groups -OCH3 is 1. The molecule has 0 aromatic heterocycles. The van der Waals surface area contributed by atoms with Crippen LogP contribution >= 0.6 is 0 Å². The normalized spacial score (nSPS) is 11.3. The third kappa shape index (κ3) is 6.94. The summed E-state index contributed by atoms with van der Waals surface area (Å²) in [6.07, 6.45) is 0. The highest BCUT2D eigenvalue weighted by molar-refractivity contribution is 5.70. The van der Waals surface area contributed by atoms with E-state index in [4.69, 9.17) is 4.74 Å². The van der Waals surface area contributed by atoms with Gasteiger partial charge < -0.3 is 14.8 Å². The van der Waals surface area contributed by atoms with Crippen LogP contribution in [0.15, 0.2) is 30.3 Å². The predicted octanol–water partition coefficient (Wildman–Crippen LogP) is 1.99. The lowest BCUT2D eigenvalue weighted by molar-refractivity contribution is -0.146. The third-order valence-electron chi connectivity index (χ3n) is 2.72. The lowest BCUT2D eigenvalue weighted by atomic mass is 9.95. The van der Waals surface area contributed by atoms with E-state index in [0.29, 0.717) is 6.61 Å². The Bertz CT molecular complexity index is 376. The lowest BCUT2D eigenvalue weighted by Gasteiger charge is -2.24. The first-order valence-electron chi connectivity index (χ1n) is 6.43. The molecule has 0 saturated heterocycles. The van der Waals surface area contributed by atoms with E-state index in [9.17, 15) is 4.79 Å². The number of carbonyl (C=O) groups is 1. The van der Waals surface area contributed by atoms with E-state index in [2.05, 4.69) is 36.0 Å². The molecular weight excluding hydrogens is 242 g/mol. The fourth-order valence-corrected chi connectivity index (χ4v) is 1.66. The zero-order valence-electron chi connectivity index (χ0n) is 11.9. The summed E-state index contributed by atoms with van der Waals surface area (Å²) in [5.41, 5.74) is 1.23. The van der Waals surface area contributed by atoms with E-state index in [1.165, 1.54) is 12.7 Å². The first-order valence-corrected chi connectivity index (χ1v) is 6.43. The fourth-order valence-electron chi connectivity index (χ4n) is 1.66. The number of benzene rings is 1. The number of nitrogens with one attached hydrogen (secondary N) is 1. The van der Waals surface area contributed by atoms with Gasteiger partial charge in [-0.1, -0.05) is 44.2 Å². The molecule has 0 aliphatic carbocycles. The summed E-state index contributed by atoms with van der Waals surface area (Å²) in [6.45, 7) is 6.39. The molecule has 0 atom stereocenters. The van der Waals surface area contributed by atoms with Crippen LogP contribution in [0.2, 0.25) is 0 Å². The number of hydrogen-bond donors (Lipinski definition) is 1. The van der Waals surface area contributed by atoms with Crippen LogP contribution in [0.1, 0.15) is 19.4 Å². The third-order valence-corrected chi connectivity index (χ3v) is 2.72. The summed E-state index contributed by atoms with van der Waals surface area (Å²) in [6, 6.07) is 10.2. The molecule has 0 aliphatic heterocycles. The van der Waals surface area contributed by atoms with Gasteiger partial charge in [-0.2, -0.15) is 0 Å². The van der Waals surface area contributed by atoms with Gasteiger partial charge in [0, 0.05) is 18.5 Å². The van der Waals surface area contributed by atoms with Gasteiger partial charge in [-0.25, -0.2) is 4.79 Å². The van der Waals surface area contributed by atoms with Gasteiger partial charge in [-0.05, 0) is 5.56 Å². The summed E-state index contributed by atoms with van der Waals surface area (Å²) in [5, 5.41) is 3.40. The molecule has 1 rings (SSSR count). The molecule has 4 heteroatoms. The van der Waals surface area contributed by atoms with Crippen LogP contribution in [0.5, 0.6) is 0 Å². The maximum Gasteiger partial charge on any atom is 0.331 e. The minimum atomic E-state index is -0.340. The van der Waals surface area contributed by atoms with Crippen LogP contribution in [0.4, 0.5) is 0 Å². The van der Waals surface area contributed by atoms with Crippen LogP contribution in [0.3, 0.4) is 0 Å². The van der Waals surface area contributed by atoms with E-state index in [1.807, 2.05) is 18.2 Å². The van der Waals surface area contributed by atoms with Crippen molar-refractivity contribution in [1.29, 1.82) is 0 Å². The van der Waals surface area contributed by atoms with Crippen molar-refractivity contribution in [3.63, 3.8) is 0 Å². The monoisotopic (exact) mass is 265 g/mol. The van der Waals surface area contributed by atoms with E-state index in [-0.39, 0.29) is 18.0 Å². The Morgan fingerprint density at radius 2 is 1.95 bits per heavy atom. The smallest absolute Gasteiger partial charge is 0.331 e. The maximum absolute atomic E-state index is 10.9. The van der Waals surface area contributed by atoms with E-state index < -0.39 is 0 Å².